The van der Waals surface area contributed by atoms with Crippen LogP contribution in [0.15, 0.2) is 0 Å². The van der Waals surface area contributed by atoms with Crippen LogP contribution in [0.3, 0.4) is 0 Å². The molecule has 2 nitrogen and oxygen atoms in total. The van der Waals surface area contributed by atoms with Crippen LogP contribution in [0.4, 0.5) is 0 Å². The topological polar surface area (TPSA) is 25.8 Å². The van der Waals surface area contributed by atoms with Gasteiger partial charge in [-0.05, 0) is 27.2 Å². The van der Waals surface area contributed by atoms with E-state index < -0.39 is 0 Å². The number of aromatic nitrogens is 2. The normalized spacial score (nSPS) is 7.65. The van der Waals surface area contributed by atoms with Gasteiger partial charge in [-0.1, -0.05) is 48.5 Å². The molecule has 0 amide bonds. The van der Waals surface area contributed by atoms with Gasteiger partial charge < -0.3 is 0 Å². The monoisotopic (exact) mass is 240 g/mol. The highest BCUT2D eigenvalue weighted by Gasteiger charge is 2.01. The molecular formula is C15H32N2. The summed E-state index contributed by atoms with van der Waals surface area (Å²) in [6.45, 7) is 20.1. The summed E-state index contributed by atoms with van der Waals surface area (Å²) >= 11 is 0. The van der Waals surface area contributed by atoms with Gasteiger partial charge in [-0.25, -0.2) is 0 Å². The molecule has 0 aliphatic rings. The minimum absolute atomic E-state index is 0.972. The fraction of sp³-hybridized carbons (Fsp3) is 0.733. The molecule has 1 aromatic heterocycles. The van der Waals surface area contributed by atoms with Crippen LogP contribution in [-0.4, -0.2) is 9.97 Å². The molecule has 0 spiro atoms. The van der Waals surface area contributed by atoms with Crippen molar-refractivity contribution in [3.05, 3.63) is 22.8 Å². The van der Waals surface area contributed by atoms with E-state index in [2.05, 4.69) is 16.9 Å². The van der Waals surface area contributed by atoms with Crippen molar-refractivity contribution in [2.24, 2.45) is 0 Å². The second kappa shape index (κ2) is 15.1. The molecule has 0 N–H and O–H groups in total. The molecule has 1 aromatic rings. The Morgan fingerprint density at radius 3 is 1.35 bits per heavy atom. The summed E-state index contributed by atoms with van der Waals surface area (Å²) in [4.78, 5) is 8.81. The zero-order valence-electron chi connectivity index (χ0n) is 13.6. The molecule has 17 heavy (non-hydrogen) atoms. The maximum Gasteiger partial charge on any atom is 0.0616 e. The molecule has 0 radical (unpaired) electrons. The van der Waals surface area contributed by atoms with Crippen LogP contribution in [0.1, 0.15) is 71.2 Å². The number of hydrogen-bond acceptors (Lipinski definition) is 2. The van der Waals surface area contributed by atoms with Gasteiger partial charge in [0.1, 0.15) is 0 Å². The lowest BCUT2D eigenvalue weighted by molar-refractivity contribution is 0.904. The predicted octanol–water partition coefficient (Wildman–Crippen LogP) is 5.04. The summed E-state index contributed by atoms with van der Waals surface area (Å²) in [6, 6.07) is 0. The fourth-order valence-corrected chi connectivity index (χ4v) is 1.10. The molecule has 0 atom stereocenters. The van der Waals surface area contributed by atoms with Crippen LogP contribution in [0.25, 0.3) is 0 Å². The highest BCUT2D eigenvalue weighted by atomic mass is 14.8. The summed E-state index contributed by atoms with van der Waals surface area (Å²) < 4.78 is 0. The minimum Gasteiger partial charge on any atom is -0.255 e. The summed E-state index contributed by atoms with van der Waals surface area (Å²) in [5.74, 6) is 0. The SMILES string of the molecule is CC.CC.CC.CCc1nc(C)c(C)nc1C. The van der Waals surface area contributed by atoms with Gasteiger partial charge in [-0.2, -0.15) is 0 Å². The van der Waals surface area contributed by atoms with Crippen LogP contribution < -0.4 is 0 Å². The Kier molecular flexibility index (Phi) is 19.0. The zero-order chi connectivity index (χ0) is 14.4. The molecular weight excluding hydrogens is 208 g/mol. The Hall–Kier alpha value is -0.920. The molecule has 0 unspecified atom stereocenters. The summed E-state index contributed by atoms with van der Waals surface area (Å²) in [5, 5.41) is 0. The second-order valence-corrected chi connectivity index (χ2v) is 2.78. The van der Waals surface area contributed by atoms with Gasteiger partial charge in [0, 0.05) is 0 Å². The van der Waals surface area contributed by atoms with E-state index in [-0.39, 0.29) is 0 Å². The Labute approximate surface area is 109 Å². The van der Waals surface area contributed by atoms with Crippen molar-refractivity contribution < 1.29 is 0 Å². The molecule has 102 valence electrons. The van der Waals surface area contributed by atoms with Crippen molar-refractivity contribution in [1.29, 1.82) is 0 Å². The Balaban J connectivity index is -0.000000285. The van der Waals surface area contributed by atoms with Crippen molar-refractivity contribution in [3.63, 3.8) is 0 Å². The van der Waals surface area contributed by atoms with Crippen LogP contribution in [0, 0.1) is 20.8 Å². The van der Waals surface area contributed by atoms with Gasteiger partial charge in [-0.15, -0.1) is 0 Å². The highest BCUT2D eigenvalue weighted by Crippen LogP contribution is 2.06. The molecule has 1 heterocycles. The number of aryl methyl sites for hydroxylation is 4. The Morgan fingerprint density at radius 2 is 1.00 bits per heavy atom. The molecule has 0 bridgehead atoms. The van der Waals surface area contributed by atoms with Gasteiger partial charge in [-0.3, -0.25) is 9.97 Å². The van der Waals surface area contributed by atoms with E-state index in [1.54, 1.807) is 0 Å². The third-order valence-electron chi connectivity index (χ3n) is 1.91. The van der Waals surface area contributed by atoms with E-state index in [1.165, 1.54) is 0 Å². The molecule has 2 heteroatoms. The van der Waals surface area contributed by atoms with Gasteiger partial charge in [0.05, 0.1) is 22.8 Å². The molecule has 0 saturated heterocycles. The Bertz CT molecular complexity index is 268. The van der Waals surface area contributed by atoms with Gasteiger partial charge >= 0.3 is 0 Å². The van der Waals surface area contributed by atoms with Crippen LogP contribution in [0.2, 0.25) is 0 Å². The van der Waals surface area contributed by atoms with Crippen molar-refractivity contribution in [2.45, 2.75) is 75.7 Å². The average molecular weight is 240 g/mol. The first-order chi connectivity index (χ1) is 8.15. The molecule has 0 aromatic carbocycles. The third kappa shape index (κ3) is 8.84. The van der Waals surface area contributed by atoms with Crippen molar-refractivity contribution in [1.82, 2.24) is 9.97 Å². The van der Waals surface area contributed by atoms with Gasteiger partial charge in [0.25, 0.3) is 0 Å². The van der Waals surface area contributed by atoms with Crippen LogP contribution in [0.5, 0.6) is 0 Å². The lowest BCUT2D eigenvalue weighted by atomic mass is 10.2. The van der Waals surface area contributed by atoms with Gasteiger partial charge in [0.2, 0.25) is 0 Å². The van der Waals surface area contributed by atoms with Crippen molar-refractivity contribution in [2.75, 3.05) is 0 Å². The standard InChI is InChI=1S/C9H14N2.3C2H6/c1-5-9-8(4)10-6(2)7(3)11-9;3*1-2/h5H2,1-4H3;3*1-2H3. The first kappa shape index (κ1) is 21.4. The molecule has 0 aliphatic carbocycles. The Morgan fingerprint density at radius 1 is 0.647 bits per heavy atom. The first-order valence-electron chi connectivity index (χ1n) is 6.96. The predicted molar refractivity (Wildman–Crippen MR) is 79.7 cm³/mol. The molecule has 0 aliphatic heterocycles. The number of hydrogen-bond donors (Lipinski definition) is 0. The second-order valence-electron chi connectivity index (χ2n) is 2.78. The van der Waals surface area contributed by atoms with E-state index >= 15 is 0 Å². The van der Waals surface area contributed by atoms with Crippen molar-refractivity contribution in [3.8, 4) is 0 Å². The fourth-order valence-electron chi connectivity index (χ4n) is 1.10. The molecule has 0 fully saturated rings. The van der Waals surface area contributed by atoms with Crippen molar-refractivity contribution >= 4 is 0 Å². The van der Waals surface area contributed by atoms with E-state index in [1.807, 2.05) is 62.3 Å². The van der Waals surface area contributed by atoms with E-state index in [0.29, 0.717) is 0 Å². The first-order valence-corrected chi connectivity index (χ1v) is 6.96. The molecule has 1 rings (SSSR count). The van der Waals surface area contributed by atoms with E-state index in [0.717, 1.165) is 29.2 Å². The summed E-state index contributed by atoms with van der Waals surface area (Å²) in [5.41, 5.74) is 4.27. The summed E-state index contributed by atoms with van der Waals surface area (Å²) in [6.07, 6.45) is 0.972. The average Bonchev–Trinajstić information content (AvgIpc) is 2.41. The van der Waals surface area contributed by atoms with Gasteiger partial charge in [0.15, 0.2) is 0 Å². The van der Waals surface area contributed by atoms with Crippen LogP contribution >= 0.6 is 0 Å². The third-order valence-corrected chi connectivity index (χ3v) is 1.91. The minimum atomic E-state index is 0.972. The lowest BCUT2D eigenvalue weighted by Crippen LogP contribution is -2.00. The maximum absolute atomic E-state index is 4.43. The van der Waals surface area contributed by atoms with Crippen LogP contribution in [-0.2, 0) is 6.42 Å². The quantitative estimate of drug-likeness (QED) is 0.687. The van der Waals surface area contributed by atoms with E-state index in [9.17, 15) is 0 Å². The summed E-state index contributed by atoms with van der Waals surface area (Å²) in [7, 11) is 0. The van der Waals surface area contributed by atoms with E-state index in [4.69, 9.17) is 0 Å². The molecule has 0 saturated carbocycles. The number of nitrogens with zero attached hydrogens (tertiary/aromatic N) is 2. The lowest BCUT2D eigenvalue weighted by Gasteiger charge is -2.04. The number of rotatable bonds is 1. The maximum atomic E-state index is 4.43. The smallest absolute Gasteiger partial charge is 0.0616 e. The largest absolute Gasteiger partial charge is 0.255 e. The zero-order valence-corrected chi connectivity index (χ0v) is 13.6. The highest BCUT2D eigenvalue weighted by molar-refractivity contribution is 5.17.